The van der Waals surface area contributed by atoms with Crippen LogP contribution in [0.2, 0.25) is 0 Å². The van der Waals surface area contributed by atoms with Crippen LogP contribution in [-0.2, 0) is 19.1 Å². The summed E-state index contributed by atoms with van der Waals surface area (Å²) in [5.74, 6) is -1.17. The normalized spacial score (nSPS) is 31.8. The van der Waals surface area contributed by atoms with E-state index in [1.165, 1.54) is 6.42 Å². The van der Waals surface area contributed by atoms with Crippen molar-refractivity contribution in [2.24, 2.45) is 17.8 Å². The van der Waals surface area contributed by atoms with E-state index in [0.29, 0.717) is 19.7 Å². The minimum atomic E-state index is -0.608. The van der Waals surface area contributed by atoms with Gasteiger partial charge in [0.1, 0.15) is 6.04 Å². The van der Waals surface area contributed by atoms with Crippen molar-refractivity contribution in [3.63, 3.8) is 0 Å². The van der Waals surface area contributed by atoms with Crippen LogP contribution in [0, 0.1) is 17.8 Å². The van der Waals surface area contributed by atoms with Crippen LogP contribution < -0.4 is 0 Å². The highest BCUT2D eigenvalue weighted by Crippen LogP contribution is 2.68. The highest BCUT2D eigenvalue weighted by Gasteiger charge is 2.76. The summed E-state index contributed by atoms with van der Waals surface area (Å²) in [5, 5.41) is 9.18. The zero-order valence-corrected chi connectivity index (χ0v) is 24.5. The van der Waals surface area contributed by atoms with E-state index in [9.17, 15) is 19.5 Å². The van der Waals surface area contributed by atoms with Gasteiger partial charge in [0.15, 0.2) is 0 Å². The molecule has 1 aliphatic carbocycles. The fourth-order valence-corrected chi connectivity index (χ4v) is 10.1. The number of nitrogens with zero attached hydrogens (tertiary/aromatic N) is 2. The number of likely N-dealkylation sites (tertiary alicyclic amines) is 1. The van der Waals surface area contributed by atoms with E-state index in [1.807, 2.05) is 22.0 Å². The number of aliphatic hydroxyl groups is 1. The van der Waals surface area contributed by atoms with E-state index < -0.39 is 22.6 Å². The lowest BCUT2D eigenvalue weighted by atomic mass is 9.66. The Bertz CT molecular complexity index is 905. The summed E-state index contributed by atoms with van der Waals surface area (Å²) in [6.45, 7) is 11.3. The molecular weight excluding hydrogens is 512 g/mol. The number of allylic oxidation sites excluding steroid dienone is 1. The number of hydrogen-bond donors (Lipinski definition) is 1. The van der Waals surface area contributed by atoms with Gasteiger partial charge in [-0.25, -0.2) is 0 Å². The van der Waals surface area contributed by atoms with Gasteiger partial charge in [0.2, 0.25) is 11.8 Å². The molecule has 0 aromatic carbocycles. The fraction of sp³-hybridized carbons (Fsp3) is 0.774. The molecule has 4 fully saturated rings. The second kappa shape index (κ2) is 13.7. The standard InChI is InChI=1S/C31H48N2O5S/c1-4-6-14-20-38-30(37)25-24-21-22(3)31(39-24)26(25)28(35)33(18-12-7-8-13-19-34)27(31)29(36)32(17-5-2)23-15-10-9-11-16-23/h4-5,22-27,34H,1-2,6-21H2,3H3/t22?,24-,25+,26-,27?,31?/m0/s1. The molecule has 1 spiro atoms. The predicted molar refractivity (Wildman–Crippen MR) is 155 cm³/mol. The van der Waals surface area contributed by atoms with Crippen LogP contribution in [0.5, 0.6) is 0 Å². The Hall–Kier alpha value is -1.80. The molecule has 39 heavy (non-hydrogen) atoms. The highest BCUT2D eigenvalue weighted by atomic mass is 32.2. The van der Waals surface area contributed by atoms with E-state index in [0.717, 1.165) is 70.6 Å². The molecule has 2 amide bonds. The lowest BCUT2D eigenvalue weighted by molar-refractivity contribution is -0.154. The van der Waals surface area contributed by atoms with Crippen LogP contribution in [-0.4, -0.2) is 81.1 Å². The Morgan fingerprint density at radius 2 is 1.87 bits per heavy atom. The van der Waals surface area contributed by atoms with Gasteiger partial charge in [-0.3, -0.25) is 14.4 Å². The molecule has 1 saturated carbocycles. The van der Waals surface area contributed by atoms with Crippen molar-refractivity contribution in [1.29, 1.82) is 0 Å². The number of aliphatic hydroxyl groups excluding tert-OH is 1. The topological polar surface area (TPSA) is 87.2 Å². The number of esters is 1. The molecule has 6 atom stereocenters. The highest BCUT2D eigenvalue weighted by molar-refractivity contribution is 8.02. The maximum Gasteiger partial charge on any atom is 0.310 e. The van der Waals surface area contributed by atoms with Crippen molar-refractivity contribution in [3.05, 3.63) is 25.3 Å². The molecule has 3 saturated heterocycles. The number of carbonyl (C=O) groups excluding carboxylic acids is 3. The fourth-order valence-electron chi connectivity index (χ4n) is 7.66. The Labute approximate surface area is 238 Å². The van der Waals surface area contributed by atoms with Crippen molar-refractivity contribution in [3.8, 4) is 0 Å². The summed E-state index contributed by atoms with van der Waals surface area (Å²) in [4.78, 5) is 46.2. The molecule has 0 aromatic rings. The first kappa shape index (κ1) is 30.2. The molecule has 3 heterocycles. The van der Waals surface area contributed by atoms with Gasteiger partial charge in [0, 0.05) is 31.0 Å². The van der Waals surface area contributed by atoms with Gasteiger partial charge in [0.25, 0.3) is 0 Å². The van der Waals surface area contributed by atoms with E-state index >= 15 is 0 Å². The first-order chi connectivity index (χ1) is 18.9. The zero-order valence-electron chi connectivity index (χ0n) is 23.7. The van der Waals surface area contributed by atoms with Crippen LogP contribution >= 0.6 is 11.8 Å². The molecule has 4 aliphatic rings. The molecule has 8 heteroatoms. The predicted octanol–water partition coefficient (Wildman–Crippen LogP) is 4.73. The van der Waals surface area contributed by atoms with Crippen LogP contribution in [0.4, 0.5) is 0 Å². The molecule has 218 valence electrons. The van der Waals surface area contributed by atoms with E-state index in [-0.39, 0.29) is 41.6 Å². The summed E-state index contributed by atoms with van der Waals surface area (Å²) in [7, 11) is 0. The number of amides is 2. The monoisotopic (exact) mass is 560 g/mol. The van der Waals surface area contributed by atoms with Crippen molar-refractivity contribution in [1.82, 2.24) is 9.80 Å². The van der Waals surface area contributed by atoms with Crippen molar-refractivity contribution in [2.75, 3.05) is 26.3 Å². The minimum Gasteiger partial charge on any atom is -0.465 e. The van der Waals surface area contributed by atoms with Gasteiger partial charge in [-0.05, 0) is 50.9 Å². The van der Waals surface area contributed by atoms with E-state index in [1.54, 1.807) is 11.8 Å². The Morgan fingerprint density at radius 1 is 1.13 bits per heavy atom. The van der Waals surface area contributed by atoms with Crippen molar-refractivity contribution < 1.29 is 24.2 Å². The van der Waals surface area contributed by atoms with Gasteiger partial charge in [-0.15, -0.1) is 24.9 Å². The Balaban J connectivity index is 1.64. The van der Waals surface area contributed by atoms with Crippen LogP contribution in [0.1, 0.15) is 84.0 Å². The van der Waals surface area contributed by atoms with Crippen molar-refractivity contribution in [2.45, 2.75) is 106 Å². The number of ether oxygens (including phenoxy) is 1. The SMILES string of the molecule is C=CCCCOC(=O)[C@@H]1[C@@H]2CC(C)C3(S2)C(C(=O)N(CC=C)C2CCCCC2)N(CCCCCCO)C(=O)[C@H]13. The van der Waals surface area contributed by atoms with Crippen LogP contribution in [0.3, 0.4) is 0 Å². The third kappa shape index (κ3) is 5.83. The van der Waals surface area contributed by atoms with Gasteiger partial charge >= 0.3 is 5.97 Å². The quantitative estimate of drug-likeness (QED) is 0.177. The molecule has 1 N–H and O–H groups in total. The maximum atomic E-state index is 14.6. The Kier molecular flexibility index (Phi) is 10.6. The molecule has 0 aromatic heterocycles. The summed E-state index contributed by atoms with van der Waals surface area (Å²) in [6, 6.07) is -0.399. The number of thioether (sulfide) groups is 1. The molecule has 3 aliphatic heterocycles. The lowest BCUT2D eigenvalue weighted by Crippen LogP contribution is -2.59. The van der Waals surface area contributed by atoms with Crippen LogP contribution in [0.25, 0.3) is 0 Å². The number of fused-ring (bicyclic) bond motifs is 1. The summed E-state index contributed by atoms with van der Waals surface area (Å²) in [6.07, 6.45) is 14.7. The molecule has 4 rings (SSSR count). The first-order valence-electron chi connectivity index (χ1n) is 15.2. The maximum absolute atomic E-state index is 14.6. The molecule has 3 unspecified atom stereocenters. The first-order valence-corrected chi connectivity index (χ1v) is 16.1. The number of hydrogen-bond acceptors (Lipinski definition) is 6. The third-order valence-corrected chi connectivity index (χ3v) is 11.6. The van der Waals surface area contributed by atoms with Crippen LogP contribution in [0.15, 0.2) is 25.3 Å². The summed E-state index contributed by atoms with van der Waals surface area (Å²) >= 11 is 1.73. The van der Waals surface area contributed by atoms with Crippen molar-refractivity contribution >= 4 is 29.5 Å². The van der Waals surface area contributed by atoms with E-state index in [2.05, 4.69) is 20.1 Å². The lowest BCUT2D eigenvalue weighted by Gasteiger charge is -2.43. The number of rotatable bonds is 15. The third-order valence-electron chi connectivity index (χ3n) is 9.48. The average molecular weight is 561 g/mol. The molecular formula is C31H48N2O5S. The van der Waals surface area contributed by atoms with Gasteiger partial charge in [-0.1, -0.05) is 51.2 Å². The average Bonchev–Trinajstić information content (AvgIpc) is 3.53. The summed E-state index contributed by atoms with van der Waals surface area (Å²) in [5.41, 5.74) is 0. The second-order valence-corrected chi connectivity index (χ2v) is 13.4. The van der Waals surface area contributed by atoms with Gasteiger partial charge in [0.05, 0.1) is 23.2 Å². The molecule has 0 radical (unpaired) electrons. The molecule has 7 nitrogen and oxygen atoms in total. The largest absolute Gasteiger partial charge is 0.465 e. The summed E-state index contributed by atoms with van der Waals surface area (Å²) < 4.78 is 5.10. The zero-order chi connectivity index (χ0) is 28.0. The van der Waals surface area contributed by atoms with Gasteiger partial charge in [-0.2, -0.15) is 0 Å². The van der Waals surface area contributed by atoms with Gasteiger partial charge < -0.3 is 19.6 Å². The van der Waals surface area contributed by atoms with E-state index in [4.69, 9.17) is 4.74 Å². The smallest absolute Gasteiger partial charge is 0.310 e. The Morgan fingerprint density at radius 3 is 2.56 bits per heavy atom. The number of carbonyl (C=O) groups is 3. The minimum absolute atomic E-state index is 0.00499. The molecule has 2 bridgehead atoms. The number of unbranched alkanes of at least 4 members (excludes halogenated alkanes) is 4. The second-order valence-electron chi connectivity index (χ2n) is 11.9.